The summed E-state index contributed by atoms with van der Waals surface area (Å²) >= 11 is 0. The number of carbonyl (C=O) groups is 3. The molecule has 3 amide bonds. The highest BCUT2D eigenvalue weighted by Gasteiger charge is 2.14. The lowest BCUT2D eigenvalue weighted by atomic mass is 10.1. The fourth-order valence-electron chi connectivity index (χ4n) is 2.83. The Balaban J connectivity index is 1.49. The number of hydrazone groups is 1. The van der Waals surface area contributed by atoms with Crippen LogP contribution in [0, 0.1) is 13.8 Å². The van der Waals surface area contributed by atoms with Crippen molar-refractivity contribution in [1.29, 1.82) is 0 Å². The van der Waals surface area contributed by atoms with Crippen LogP contribution in [0.3, 0.4) is 0 Å². The molecule has 0 aliphatic rings. The Kier molecular flexibility index (Phi) is 7.91. The number of nitrogens with zero attached hydrogens (tertiary/aromatic N) is 1. The lowest BCUT2D eigenvalue weighted by Crippen LogP contribution is -2.32. The maximum atomic E-state index is 12.1. The highest BCUT2D eigenvalue weighted by molar-refractivity contribution is 6.39. The lowest BCUT2D eigenvalue weighted by molar-refractivity contribution is -0.136. The predicted octanol–water partition coefficient (Wildman–Crippen LogP) is 3.41. The van der Waals surface area contributed by atoms with Gasteiger partial charge in [0.25, 0.3) is 5.91 Å². The van der Waals surface area contributed by atoms with E-state index in [2.05, 4.69) is 21.2 Å². The van der Waals surface area contributed by atoms with Crippen LogP contribution < -0.4 is 20.8 Å². The molecule has 3 aromatic carbocycles. The number of nitrogens with one attached hydrogen (secondary N) is 3. The Morgan fingerprint density at radius 2 is 1.64 bits per heavy atom. The van der Waals surface area contributed by atoms with E-state index in [0.29, 0.717) is 22.7 Å². The average Bonchev–Trinajstić information content (AvgIpc) is 2.81. The summed E-state index contributed by atoms with van der Waals surface area (Å²) < 4.78 is 5.51. The second kappa shape index (κ2) is 11.2. The van der Waals surface area contributed by atoms with E-state index in [4.69, 9.17) is 4.74 Å². The third kappa shape index (κ3) is 7.03. The molecule has 33 heavy (non-hydrogen) atoms. The summed E-state index contributed by atoms with van der Waals surface area (Å²) in [5.41, 5.74) is 5.96. The van der Waals surface area contributed by atoms with Crippen molar-refractivity contribution in [1.82, 2.24) is 5.43 Å². The summed E-state index contributed by atoms with van der Waals surface area (Å²) in [6.45, 7) is 3.62. The van der Waals surface area contributed by atoms with Crippen LogP contribution in [0.5, 0.6) is 5.75 Å². The quantitative estimate of drug-likeness (QED) is 0.295. The van der Waals surface area contributed by atoms with Crippen LogP contribution in [0.15, 0.2) is 77.9 Å². The second-order valence-electron chi connectivity index (χ2n) is 7.18. The van der Waals surface area contributed by atoms with E-state index < -0.39 is 11.8 Å². The third-order valence-corrected chi connectivity index (χ3v) is 4.72. The van der Waals surface area contributed by atoms with Crippen LogP contribution in [0.25, 0.3) is 0 Å². The molecule has 0 fully saturated rings. The first-order valence-electron chi connectivity index (χ1n) is 10.2. The summed E-state index contributed by atoms with van der Waals surface area (Å²) in [4.78, 5) is 36.1. The van der Waals surface area contributed by atoms with Crippen molar-refractivity contribution in [3.05, 3.63) is 89.5 Å². The van der Waals surface area contributed by atoms with Crippen molar-refractivity contribution in [2.45, 2.75) is 13.8 Å². The maximum Gasteiger partial charge on any atom is 0.329 e. The molecule has 0 atom stereocenters. The predicted molar refractivity (Wildman–Crippen MR) is 127 cm³/mol. The summed E-state index contributed by atoms with van der Waals surface area (Å²) in [7, 11) is 0. The number of carbonyl (C=O) groups excluding carboxylic acids is 3. The normalized spacial score (nSPS) is 10.5. The minimum atomic E-state index is -0.892. The highest BCUT2D eigenvalue weighted by atomic mass is 16.5. The van der Waals surface area contributed by atoms with Gasteiger partial charge in [-0.1, -0.05) is 42.5 Å². The van der Waals surface area contributed by atoms with Gasteiger partial charge in [-0.2, -0.15) is 5.10 Å². The zero-order valence-electron chi connectivity index (χ0n) is 18.3. The van der Waals surface area contributed by atoms with Gasteiger partial charge in [-0.15, -0.1) is 0 Å². The second-order valence-corrected chi connectivity index (χ2v) is 7.18. The molecule has 3 N–H and O–H groups in total. The first-order valence-corrected chi connectivity index (χ1v) is 10.2. The molecule has 0 aliphatic carbocycles. The van der Waals surface area contributed by atoms with Crippen molar-refractivity contribution in [2.75, 3.05) is 17.2 Å². The number of amides is 3. The smallest absolute Gasteiger partial charge is 0.329 e. The molecular weight excluding hydrogens is 420 g/mol. The molecule has 168 valence electrons. The Morgan fingerprint density at radius 3 is 2.42 bits per heavy atom. The molecule has 0 saturated carbocycles. The van der Waals surface area contributed by atoms with Gasteiger partial charge in [-0.25, -0.2) is 5.43 Å². The largest absolute Gasteiger partial charge is 0.484 e. The Hall–Kier alpha value is -4.46. The van der Waals surface area contributed by atoms with E-state index in [1.807, 2.05) is 38.1 Å². The van der Waals surface area contributed by atoms with Crippen LogP contribution in [-0.2, 0) is 14.4 Å². The molecule has 3 rings (SSSR count). The first-order chi connectivity index (χ1) is 15.9. The van der Waals surface area contributed by atoms with Crippen molar-refractivity contribution >= 4 is 35.3 Å². The summed E-state index contributed by atoms with van der Waals surface area (Å²) in [5, 5.41) is 9.12. The van der Waals surface area contributed by atoms with Gasteiger partial charge in [0.15, 0.2) is 6.61 Å². The fourth-order valence-corrected chi connectivity index (χ4v) is 2.83. The summed E-state index contributed by atoms with van der Waals surface area (Å²) in [6, 6.07) is 21.3. The third-order valence-electron chi connectivity index (χ3n) is 4.72. The SMILES string of the molecule is Cc1cccc(NC(=O)C(=O)N/N=C\c2cccc(OCC(=O)Nc3ccccc3)c2)c1C. The van der Waals surface area contributed by atoms with Crippen LogP contribution in [0.2, 0.25) is 0 Å². The molecular formula is C25H24N4O4. The van der Waals surface area contributed by atoms with Gasteiger partial charge in [-0.3, -0.25) is 14.4 Å². The zero-order valence-corrected chi connectivity index (χ0v) is 18.3. The summed E-state index contributed by atoms with van der Waals surface area (Å²) in [5.74, 6) is -1.54. The number of rotatable bonds is 7. The van der Waals surface area contributed by atoms with E-state index >= 15 is 0 Å². The Morgan fingerprint density at radius 1 is 0.879 bits per heavy atom. The molecule has 0 heterocycles. The van der Waals surface area contributed by atoms with E-state index in [-0.39, 0.29) is 12.5 Å². The van der Waals surface area contributed by atoms with E-state index in [9.17, 15) is 14.4 Å². The van der Waals surface area contributed by atoms with Gasteiger partial charge in [0.2, 0.25) is 0 Å². The monoisotopic (exact) mass is 444 g/mol. The number of aryl methyl sites for hydroxylation is 1. The highest BCUT2D eigenvalue weighted by Crippen LogP contribution is 2.17. The molecule has 0 spiro atoms. The molecule has 0 aromatic heterocycles. The van der Waals surface area contributed by atoms with E-state index in [1.54, 1.807) is 48.5 Å². The maximum absolute atomic E-state index is 12.1. The van der Waals surface area contributed by atoms with Gasteiger partial charge in [0.05, 0.1) is 6.21 Å². The van der Waals surface area contributed by atoms with Crippen molar-refractivity contribution in [2.24, 2.45) is 5.10 Å². The molecule has 0 unspecified atom stereocenters. The molecule has 0 saturated heterocycles. The molecule has 8 heteroatoms. The lowest BCUT2D eigenvalue weighted by Gasteiger charge is -2.09. The van der Waals surface area contributed by atoms with Gasteiger partial charge in [-0.05, 0) is 60.9 Å². The topological polar surface area (TPSA) is 109 Å². The van der Waals surface area contributed by atoms with Gasteiger partial charge in [0.1, 0.15) is 5.75 Å². The van der Waals surface area contributed by atoms with Crippen LogP contribution in [0.1, 0.15) is 16.7 Å². The number of para-hydroxylation sites is 1. The van der Waals surface area contributed by atoms with Crippen LogP contribution in [-0.4, -0.2) is 30.5 Å². The van der Waals surface area contributed by atoms with Gasteiger partial charge >= 0.3 is 11.8 Å². The molecule has 0 bridgehead atoms. The zero-order chi connectivity index (χ0) is 23.6. The number of benzene rings is 3. The van der Waals surface area contributed by atoms with E-state index in [1.165, 1.54) is 6.21 Å². The van der Waals surface area contributed by atoms with Gasteiger partial charge in [0, 0.05) is 11.4 Å². The fraction of sp³-hybridized carbons (Fsp3) is 0.120. The van der Waals surface area contributed by atoms with Crippen molar-refractivity contribution in [3.8, 4) is 5.75 Å². The minimum absolute atomic E-state index is 0.162. The number of ether oxygens (including phenoxy) is 1. The van der Waals surface area contributed by atoms with Crippen LogP contribution in [0.4, 0.5) is 11.4 Å². The molecule has 8 nitrogen and oxygen atoms in total. The molecule has 0 aliphatic heterocycles. The first kappa shape index (κ1) is 23.2. The Labute approximate surface area is 191 Å². The minimum Gasteiger partial charge on any atom is -0.484 e. The van der Waals surface area contributed by atoms with Gasteiger partial charge < -0.3 is 15.4 Å². The van der Waals surface area contributed by atoms with Crippen LogP contribution >= 0.6 is 0 Å². The summed E-state index contributed by atoms with van der Waals surface area (Å²) in [6.07, 6.45) is 1.37. The van der Waals surface area contributed by atoms with Crippen molar-refractivity contribution < 1.29 is 19.1 Å². The number of anilines is 2. The van der Waals surface area contributed by atoms with E-state index in [0.717, 1.165) is 11.1 Å². The molecule has 3 aromatic rings. The Bertz CT molecular complexity index is 1180. The molecule has 0 radical (unpaired) electrons. The number of hydrogen-bond acceptors (Lipinski definition) is 5. The standard InChI is InChI=1S/C25H24N4O4/c1-17-8-6-13-22(18(17)2)28-24(31)25(32)29-26-15-19-9-7-12-21(14-19)33-16-23(30)27-20-10-4-3-5-11-20/h3-15H,16H2,1-2H3,(H,27,30)(H,28,31)(H,29,32)/b26-15-. The average molecular weight is 444 g/mol. The van der Waals surface area contributed by atoms with Crippen molar-refractivity contribution in [3.63, 3.8) is 0 Å². The number of hydrogen-bond donors (Lipinski definition) is 3.